The number of ether oxygens (including phenoxy) is 2. The number of esters is 2. The fourth-order valence-corrected chi connectivity index (χ4v) is 5.88. The third-order valence-electron chi connectivity index (χ3n) is 6.55. The maximum atomic E-state index is 13.4. The van der Waals surface area contributed by atoms with Crippen molar-refractivity contribution in [3.05, 3.63) is 62.5 Å². The van der Waals surface area contributed by atoms with Crippen molar-refractivity contribution in [1.82, 2.24) is 0 Å². The molecule has 2 aromatic heterocycles. The lowest BCUT2D eigenvalue weighted by molar-refractivity contribution is -0.645. The van der Waals surface area contributed by atoms with Crippen LogP contribution in [-0.2, 0) is 30.4 Å². The standard InChI is InChI=1S/C29H26N4O10S.BrH/c1-3-41-25(36)9-11-31(12-10-26(37)42-4-2)17-5-7-19-20(15-30)27(29(38)43-22(19)13-17)28-32(16-24(34)35)21-8-6-18(33(39)40)14-23(21)44-28;/h5-8,13-14H,3-4,9-12,16H2,1-2H3;1H. The summed E-state index contributed by atoms with van der Waals surface area (Å²) in [5.41, 5.74) is -0.520. The Balaban J connectivity index is 0.00000552. The minimum atomic E-state index is -1.23. The minimum absolute atomic E-state index is 0. The molecular weight excluding hydrogens is 676 g/mol. The predicted octanol–water partition coefficient (Wildman–Crippen LogP) is 0.543. The SMILES string of the molecule is CCOC(=O)CCN(CCC(=O)OCC)c1ccc2c(C#N)c(-c3sc4cc([N+](=O)[O-])ccc4[n+]3CC(=O)O)c(=O)oc2c1.[Br-]. The summed E-state index contributed by atoms with van der Waals surface area (Å²) in [5.74, 6) is -2.09. The van der Waals surface area contributed by atoms with Crippen LogP contribution in [0.4, 0.5) is 11.4 Å². The van der Waals surface area contributed by atoms with Crippen molar-refractivity contribution >= 4 is 61.8 Å². The number of aliphatic carboxylic acids is 1. The second kappa shape index (κ2) is 15.2. The van der Waals surface area contributed by atoms with E-state index in [1.807, 2.05) is 6.07 Å². The molecule has 45 heavy (non-hydrogen) atoms. The maximum absolute atomic E-state index is 13.4. The van der Waals surface area contributed by atoms with E-state index in [2.05, 4.69) is 0 Å². The smallest absolute Gasteiger partial charge is 0.370 e. The average molecular weight is 704 g/mol. The zero-order valence-electron chi connectivity index (χ0n) is 24.1. The molecule has 1 N–H and O–H groups in total. The zero-order chi connectivity index (χ0) is 32.0. The monoisotopic (exact) mass is 702 g/mol. The third-order valence-corrected chi connectivity index (χ3v) is 7.72. The predicted molar refractivity (Wildman–Crippen MR) is 157 cm³/mol. The van der Waals surface area contributed by atoms with Crippen molar-refractivity contribution < 1.29 is 59.9 Å². The summed E-state index contributed by atoms with van der Waals surface area (Å²) in [6, 6.07) is 10.6. The van der Waals surface area contributed by atoms with E-state index in [1.54, 1.807) is 30.9 Å². The summed E-state index contributed by atoms with van der Waals surface area (Å²) < 4.78 is 17.3. The first-order valence-electron chi connectivity index (χ1n) is 13.5. The molecule has 0 amide bonds. The number of benzene rings is 2. The number of hydrogen-bond acceptors (Lipinski definition) is 12. The van der Waals surface area contributed by atoms with Crippen LogP contribution in [-0.4, -0.2) is 54.2 Å². The van der Waals surface area contributed by atoms with Gasteiger partial charge in [-0.15, -0.1) is 0 Å². The van der Waals surface area contributed by atoms with Gasteiger partial charge in [0.1, 0.15) is 16.4 Å². The Hall–Kier alpha value is -4.88. The first-order chi connectivity index (χ1) is 21.1. The number of anilines is 1. The molecule has 2 heterocycles. The van der Waals surface area contributed by atoms with Crippen molar-refractivity contribution in [2.24, 2.45) is 0 Å². The molecule has 0 fully saturated rings. The highest BCUT2D eigenvalue weighted by Gasteiger charge is 2.31. The summed E-state index contributed by atoms with van der Waals surface area (Å²) >= 11 is 0.926. The molecule has 236 valence electrons. The molecule has 0 atom stereocenters. The molecule has 0 bridgehead atoms. The molecule has 4 rings (SSSR count). The van der Waals surface area contributed by atoms with Crippen molar-refractivity contribution in [2.45, 2.75) is 33.2 Å². The fourth-order valence-electron chi connectivity index (χ4n) is 4.65. The number of hydrogen-bond donors (Lipinski definition) is 1. The molecule has 0 aliphatic heterocycles. The van der Waals surface area contributed by atoms with Crippen LogP contribution in [0.25, 0.3) is 31.8 Å². The van der Waals surface area contributed by atoms with E-state index in [1.165, 1.54) is 28.8 Å². The number of aromatic nitrogens is 1. The number of carbonyl (C=O) groups excluding carboxylic acids is 2. The van der Waals surface area contributed by atoms with Crippen LogP contribution in [0.3, 0.4) is 0 Å². The molecule has 4 aromatic rings. The van der Waals surface area contributed by atoms with Gasteiger partial charge in [0.15, 0.2) is 5.56 Å². The summed E-state index contributed by atoms with van der Waals surface area (Å²) in [6.45, 7) is 3.59. The Kier molecular flexibility index (Phi) is 11.7. The van der Waals surface area contributed by atoms with E-state index >= 15 is 0 Å². The molecule has 14 nitrogen and oxygen atoms in total. The first-order valence-corrected chi connectivity index (χ1v) is 14.3. The molecule has 0 saturated heterocycles. The van der Waals surface area contributed by atoms with Gasteiger partial charge in [-0.25, -0.2) is 9.59 Å². The van der Waals surface area contributed by atoms with Crippen molar-refractivity contribution in [2.75, 3.05) is 31.2 Å². The van der Waals surface area contributed by atoms with Crippen molar-refractivity contribution in [3.8, 4) is 16.6 Å². The number of carboxylic acid groups (broad SMARTS) is 1. The lowest BCUT2D eigenvalue weighted by atomic mass is 10.0. The summed E-state index contributed by atoms with van der Waals surface area (Å²) in [5, 5.41) is 31.4. The maximum Gasteiger partial charge on any atom is 0.370 e. The van der Waals surface area contributed by atoms with E-state index in [0.29, 0.717) is 15.9 Å². The van der Waals surface area contributed by atoms with Gasteiger partial charge >= 0.3 is 23.5 Å². The largest absolute Gasteiger partial charge is 1.00 e. The number of rotatable bonds is 13. The zero-order valence-corrected chi connectivity index (χ0v) is 26.5. The van der Waals surface area contributed by atoms with Crippen molar-refractivity contribution in [1.29, 1.82) is 5.26 Å². The molecule has 16 heteroatoms. The lowest BCUT2D eigenvalue weighted by Gasteiger charge is -2.24. The minimum Gasteiger partial charge on any atom is -1.00 e. The van der Waals surface area contributed by atoms with E-state index < -0.39 is 35.0 Å². The quantitative estimate of drug-likeness (QED) is 0.0669. The number of nitro benzene ring substituents is 1. The summed E-state index contributed by atoms with van der Waals surface area (Å²) in [4.78, 5) is 61.7. The van der Waals surface area contributed by atoms with Gasteiger partial charge in [0.05, 0.1) is 36.5 Å². The number of nitrogens with zero attached hydrogens (tertiary/aromatic N) is 4. The van der Waals surface area contributed by atoms with Crippen LogP contribution in [0.1, 0.15) is 32.3 Å². The molecule has 0 aliphatic rings. The first kappa shape index (κ1) is 34.6. The van der Waals surface area contributed by atoms with Gasteiger partial charge in [0.25, 0.3) is 10.7 Å². The number of thiazole rings is 1. The van der Waals surface area contributed by atoms with E-state index in [-0.39, 0.29) is 88.9 Å². The Labute approximate surface area is 269 Å². The normalized spacial score (nSPS) is 10.6. The highest BCUT2D eigenvalue weighted by Crippen LogP contribution is 2.34. The van der Waals surface area contributed by atoms with Crippen molar-refractivity contribution in [3.63, 3.8) is 0 Å². The lowest BCUT2D eigenvalue weighted by Crippen LogP contribution is -3.00. The molecule has 0 aliphatic carbocycles. The Morgan fingerprint density at radius 1 is 1.09 bits per heavy atom. The Bertz CT molecular complexity index is 1860. The van der Waals surface area contributed by atoms with Gasteiger partial charge in [-0.1, -0.05) is 11.3 Å². The number of nitriles is 1. The molecule has 0 unspecified atom stereocenters. The van der Waals surface area contributed by atoms with Crippen LogP contribution in [0, 0.1) is 21.4 Å². The Morgan fingerprint density at radius 2 is 1.73 bits per heavy atom. The molecule has 0 radical (unpaired) electrons. The van der Waals surface area contributed by atoms with Crippen LogP contribution < -0.4 is 32.1 Å². The van der Waals surface area contributed by atoms with Crippen LogP contribution in [0.5, 0.6) is 0 Å². The van der Waals surface area contributed by atoms with E-state index in [4.69, 9.17) is 13.9 Å². The second-order valence-corrected chi connectivity index (χ2v) is 10.4. The van der Waals surface area contributed by atoms with E-state index in [0.717, 1.165) is 11.3 Å². The molecule has 2 aromatic carbocycles. The summed E-state index contributed by atoms with van der Waals surface area (Å²) in [6.07, 6.45) is 0.0451. The number of halogens is 1. The number of carboxylic acids is 1. The number of nitro groups is 1. The topological polar surface area (TPSA) is 194 Å². The van der Waals surface area contributed by atoms with Gasteiger partial charge in [-0.2, -0.15) is 9.83 Å². The molecule has 0 spiro atoms. The second-order valence-electron chi connectivity index (χ2n) is 9.33. The van der Waals surface area contributed by atoms with Crippen LogP contribution in [0.15, 0.2) is 45.6 Å². The molecular formula is C29H27BrN4O10S. The number of non-ortho nitro benzene ring substituents is 1. The average Bonchev–Trinajstić information content (AvgIpc) is 3.32. The fraction of sp³-hybridized carbons (Fsp3) is 0.310. The van der Waals surface area contributed by atoms with E-state index in [9.17, 15) is 39.7 Å². The molecule has 0 saturated carbocycles. The highest BCUT2D eigenvalue weighted by atomic mass is 79.9. The van der Waals surface area contributed by atoms with Gasteiger partial charge in [0, 0.05) is 48.4 Å². The van der Waals surface area contributed by atoms with Crippen LogP contribution >= 0.6 is 11.3 Å². The van der Waals surface area contributed by atoms with Crippen LogP contribution in [0.2, 0.25) is 0 Å². The van der Waals surface area contributed by atoms with Gasteiger partial charge in [-0.3, -0.25) is 19.7 Å². The third kappa shape index (κ3) is 7.80. The number of fused-ring (bicyclic) bond motifs is 2. The van der Waals surface area contributed by atoms with Gasteiger partial charge < -0.3 is 40.9 Å². The highest BCUT2D eigenvalue weighted by molar-refractivity contribution is 7.21. The van der Waals surface area contributed by atoms with Gasteiger partial charge in [0.2, 0.25) is 12.1 Å². The Morgan fingerprint density at radius 3 is 2.29 bits per heavy atom. The van der Waals surface area contributed by atoms with Gasteiger partial charge in [-0.05, 0) is 26.0 Å². The summed E-state index contributed by atoms with van der Waals surface area (Å²) in [7, 11) is 0. The number of carbonyl (C=O) groups is 3.